The van der Waals surface area contributed by atoms with Crippen LogP contribution in [0.4, 0.5) is 0 Å². The van der Waals surface area contributed by atoms with Gasteiger partial charge in [0.15, 0.2) is 0 Å². The molecule has 0 radical (unpaired) electrons. The van der Waals surface area contributed by atoms with Crippen LogP contribution in [0.25, 0.3) is 0 Å². The number of ketones is 1. The summed E-state index contributed by atoms with van der Waals surface area (Å²) in [5.41, 5.74) is 0. The third-order valence-electron chi connectivity index (χ3n) is 3.55. The van der Waals surface area contributed by atoms with Crippen molar-refractivity contribution in [3.63, 3.8) is 0 Å². The van der Waals surface area contributed by atoms with E-state index in [0.29, 0.717) is 12.2 Å². The average Bonchev–Trinajstić information content (AvgIpc) is 2.42. The molecule has 0 aliphatic carbocycles. The molecule has 0 unspecified atom stereocenters. The maximum Gasteiger partial charge on any atom is 0.136 e. The Labute approximate surface area is 120 Å². The fraction of sp³-hybridized carbons (Fsp3) is 0.833. The zero-order chi connectivity index (χ0) is 14.2. The molecule has 1 heteroatoms. The van der Waals surface area contributed by atoms with Gasteiger partial charge in [-0.3, -0.25) is 4.79 Å². The van der Waals surface area contributed by atoms with Crippen LogP contribution in [-0.4, -0.2) is 5.78 Å². The van der Waals surface area contributed by atoms with Crippen LogP contribution in [0.1, 0.15) is 97.3 Å². The normalized spacial score (nSPS) is 11.3. The van der Waals surface area contributed by atoms with Crippen molar-refractivity contribution in [2.24, 2.45) is 0 Å². The molecule has 19 heavy (non-hydrogen) atoms. The quantitative estimate of drug-likeness (QED) is 0.269. The van der Waals surface area contributed by atoms with Gasteiger partial charge in [-0.1, -0.05) is 77.4 Å². The minimum atomic E-state index is 0.412. The first-order valence-corrected chi connectivity index (χ1v) is 8.48. The third-order valence-corrected chi connectivity index (χ3v) is 3.55. The van der Waals surface area contributed by atoms with Gasteiger partial charge in [-0.25, -0.2) is 0 Å². The van der Waals surface area contributed by atoms with Gasteiger partial charge in [0.25, 0.3) is 0 Å². The maximum absolute atomic E-state index is 11.6. The lowest BCUT2D eigenvalue weighted by Crippen LogP contribution is -1.95. The van der Waals surface area contributed by atoms with E-state index >= 15 is 0 Å². The molecule has 0 aromatic heterocycles. The smallest absolute Gasteiger partial charge is 0.136 e. The van der Waals surface area contributed by atoms with Crippen LogP contribution in [0.3, 0.4) is 0 Å². The number of hydrogen-bond acceptors (Lipinski definition) is 1. The molecule has 0 spiro atoms. The topological polar surface area (TPSA) is 17.1 Å². The number of rotatable bonds is 14. The molecular weight excluding hydrogens is 232 g/mol. The van der Waals surface area contributed by atoms with E-state index in [4.69, 9.17) is 0 Å². The summed E-state index contributed by atoms with van der Waals surface area (Å²) in [6.45, 7) is 4.45. The summed E-state index contributed by atoms with van der Waals surface area (Å²) in [4.78, 5) is 11.6. The van der Waals surface area contributed by atoms with Gasteiger partial charge in [0.05, 0.1) is 0 Å². The summed E-state index contributed by atoms with van der Waals surface area (Å²) >= 11 is 0. The second kappa shape index (κ2) is 15.5. The first kappa shape index (κ1) is 18.4. The molecule has 0 fully saturated rings. The molecule has 112 valence electrons. The third kappa shape index (κ3) is 15.4. The van der Waals surface area contributed by atoms with Gasteiger partial charge >= 0.3 is 0 Å². The Hall–Kier alpha value is -0.590. The number of carbonyl (C=O) groups excluding carboxylic acids is 1. The fourth-order valence-electron chi connectivity index (χ4n) is 2.23. The minimum absolute atomic E-state index is 0.412. The van der Waals surface area contributed by atoms with Crippen molar-refractivity contribution < 1.29 is 4.79 Å². The zero-order valence-corrected chi connectivity index (χ0v) is 13.3. The van der Waals surface area contributed by atoms with Crippen LogP contribution < -0.4 is 0 Å². The van der Waals surface area contributed by atoms with Crippen molar-refractivity contribution in [3.8, 4) is 0 Å². The molecule has 0 N–H and O–H groups in total. The van der Waals surface area contributed by atoms with Crippen molar-refractivity contribution in [1.29, 1.82) is 0 Å². The molecule has 0 bridgehead atoms. The van der Waals surface area contributed by atoms with Gasteiger partial charge < -0.3 is 0 Å². The van der Waals surface area contributed by atoms with Gasteiger partial charge in [-0.05, 0) is 19.3 Å². The molecule has 0 aliphatic heterocycles. The van der Waals surface area contributed by atoms with E-state index in [0.717, 1.165) is 19.3 Å². The summed E-state index contributed by atoms with van der Waals surface area (Å²) in [5, 5.41) is 0. The second-order valence-corrected chi connectivity index (χ2v) is 5.58. The molecule has 0 saturated heterocycles. The first-order chi connectivity index (χ1) is 9.31. The largest absolute Gasteiger partial charge is 0.299 e. The summed E-state index contributed by atoms with van der Waals surface area (Å²) in [6.07, 6.45) is 19.7. The van der Waals surface area contributed by atoms with Crippen molar-refractivity contribution in [2.75, 3.05) is 0 Å². The zero-order valence-electron chi connectivity index (χ0n) is 13.3. The Morgan fingerprint density at radius 3 is 2.00 bits per heavy atom. The van der Waals surface area contributed by atoms with Crippen molar-refractivity contribution >= 4 is 5.78 Å². The van der Waals surface area contributed by atoms with Crippen LogP contribution in [0.15, 0.2) is 12.2 Å². The van der Waals surface area contributed by atoms with Crippen LogP contribution in [0.2, 0.25) is 0 Å². The highest BCUT2D eigenvalue weighted by molar-refractivity contribution is 5.79. The molecule has 0 saturated carbocycles. The fourth-order valence-corrected chi connectivity index (χ4v) is 2.23. The number of Topliss-reactive ketones (excluding diaryl/α,β-unsaturated/α-hetero) is 1. The van der Waals surface area contributed by atoms with Crippen LogP contribution >= 0.6 is 0 Å². The van der Waals surface area contributed by atoms with E-state index in [-0.39, 0.29) is 0 Å². The van der Waals surface area contributed by atoms with Gasteiger partial charge in [-0.2, -0.15) is 0 Å². The molecule has 0 aromatic rings. The van der Waals surface area contributed by atoms with E-state index in [2.05, 4.69) is 26.0 Å². The minimum Gasteiger partial charge on any atom is -0.299 e. The van der Waals surface area contributed by atoms with E-state index < -0.39 is 0 Å². The highest BCUT2D eigenvalue weighted by Crippen LogP contribution is 2.08. The number of carbonyl (C=O) groups is 1. The molecule has 1 nitrogen and oxygen atoms in total. The number of unbranched alkanes of at least 4 members (excludes halogenated alkanes) is 9. The lowest BCUT2D eigenvalue weighted by Gasteiger charge is -1.98. The van der Waals surface area contributed by atoms with Crippen LogP contribution in [0, 0.1) is 0 Å². The molecular formula is C18H34O. The van der Waals surface area contributed by atoms with E-state index in [1.165, 1.54) is 57.8 Å². The molecule has 0 rings (SSSR count). The Morgan fingerprint density at radius 2 is 1.32 bits per heavy atom. The van der Waals surface area contributed by atoms with Crippen molar-refractivity contribution in [2.45, 2.75) is 97.3 Å². The SMILES string of the molecule is CCCCCCCC/C=C\CC(=O)CCCCCC. The molecule has 0 aromatic carbocycles. The van der Waals surface area contributed by atoms with Gasteiger partial charge in [0, 0.05) is 12.8 Å². The summed E-state index contributed by atoms with van der Waals surface area (Å²) in [7, 11) is 0. The summed E-state index contributed by atoms with van der Waals surface area (Å²) in [6, 6.07) is 0. The Balaban J connectivity index is 3.25. The van der Waals surface area contributed by atoms with Crippen LogP contribution in [0.5, 0.6) is 0 Å². The van der Waals surface area contributed by atoms with Crippen molar-refractivity contribution in [1.82, 2.24) is 0 Å². The summed E-state index contributed by atoms with van der Waals surface area (Å²) in [5.74, 6) is 0.412. The average molecular weight is 266 g/mol. The highest BCUT2D eigenvalue weighted by atomic mass is 16.1. The highest BCUT2D eigenvalue weighted by Gasteiger charge is 1.98. The number of hydrogen-bond donors (Lipinski definition) is 0. The van der Waals surface area contributed by atoms with Gasteiger partial charge in [0.2, 0.25) is 0 Å². The van der Waals surface area contributed by atoms with Crippen LogP contribution in [-0.2, 0) is 4.79 Å². The monoisotopic (exact) mass is 266 g/mol. The Bertz CT molecular complexity index is 218. The second-order valence-electron chi connectivity index (χ2n) is 5.58. The predicted molar refractivity (Wildman–Crippen MR) is 85.5 cm³/mol. The number of allylic oxidation sites excluding steroid dienone is 2. The molecule has 0 atom stereocenters. The van der Waals surface area contributed by atoms with Crippen molar-refractivity contribution in [3.05, 3.63) is 12.2 Å². The Morgan fingerprint density at radius 1 is 0.737 bits per heavy atom. The molecule has 0 heterocycles. The van der Waals surface area contributed by atoms with E-state index in [9.17, 15) is 4.79 Å². The molecule has 0 aliphatic rings. The summed E-state index contributed by atoms with van der Waals surface area (Å²) < 4.78 is 0. The van der Waals surface area contributed by atoms with E-state index in [1.807, 2.05) is 0 Å². The molecule has 0 amide bonds. The predicted octanol–water partition coefficient (Wildman–Crippen LogP) is 6.22. The van der Waals surface area contributed by atoms with Gasteiger partial charge in [0.1, 0.15) is 5.78 Å². The lowest BCUT2D eigenvalue weighted by atomic mass is 10.1. The Kier molecular flexibility index (Phi) is 15.0. The van der Waals surface area contributed by atoms with Gasteiger partial charge in [-0.15, -0.1) is 0 Å². The lowest BCUT2D eigenvalue weighted by molar-refractivity contribution is -0.118. The maximum atomic E-state index is 11.6. The standard InChI is InChI=1S/C18H34O/c1-3-5-7-9-10-11-12-13-15-17-18(19)16-14-8-6-4-2/h13,15H,3-12,14,16-17H2,1-2H3/b15-13-. The van der Waals surface area contributed by atoms with E-state index in [1.54, 1.807) is 0 Å². The first-order valence-electron chi connectivity index (χ1n) is 8.48.